The van der Waals surface area contributed by atoms with Gasteiger partial charge in [0.25, 0.3) is 0 Å². The van der Waals surface area contributed by atoms with Gasteiger partial charge in [-0.25, -0.2) is 8.78 Å². The zero-order chi connectivity index (χ0) is 9.97. The van der Waals surface area contributed by atoms with Crippen molar-refractivity contribution in [2.24, 2.45) is 5.92 Å². The molecule has 0 aromatic heterocycles. The first kappa shape index (κ1) is 9.17. The Morgan fingerprint density at radius 1 is 1.21 bits per heavy atom. The second kappa shape index (κ2) is 3.77. The van der Waals surface area contributed by atoms with Gasteiger partial charge in [-0.2, -0.15) is 0 Å². The summed E-state index contributed by atoms with van der Waals surface area (Å²) in [6, 6.07) is 3.76. The van der Waals surface area contributed by atoms with E-state index in [1.54, 1.807) is 0 Å². The number of nitrogens with one attached hydrogen (secondary N) is 1. The molecule has 72 valence electrons. The molecule has 1 aliphatic rings. The Morgan fingerprint density at radius 2 is 1.86 bits per heavy atom. The number of halogens is 2. The first-order chi connectivity index (χ1) is 6.77. The molecule has 1 saturated heterocycles. The van der Waals surface area contributed by atoms with Gasteiger partial charge in [0.1, 0.15) is 11.6 Å². The van der Waals surface area contributed by atoms with E-state index in [0.717, 1.165) is 13.1 Å². The van der Waals surface area contributed by atoms with Crippen LogP contribution in [0.1, 0.15) is 5.56 Å². The second-order valence-electron chi connectivity index (χ2n) is 3.22. The molecule has 1 nitrogen and oxygen atoms in total. The standard InChI is InChI=1S/C11H9F2N/c12-10-2-1-3-11(13)9(10)5-4-8-6-14-7-8/h1-3,8,14H,6-7H2. The van der Waals surface area contributed by atoms with Crippen molar-refractivity contribution < 1.29 is 8.78 Å². The van der Waals surface area contributed by atoms with Gasteiger partial charge < -0.3 is 5.32 Å². The zero-order valence-electron chi connectivity index (χ0n) is 7.48. The molecule has 0 spiro atoms. The van der Waals surface area contributed by atoms with Crippen LogP contribution >= 0.6 is 0 Å². The van der Waals surface area contributed by atoms with Crippen LogP contribution in [0.15, 0.2) is 18.2 Å². The highest BCUT2D eigenvalue weighted by molar-refractivity contribution is 5.37. The molecule has 1 aliphatic heterocycles. The lowest BCUT2D eigenvalue weighted by Gasteiger charge is -2.21. The summed E-state index contributed by atoms with van der Waals surface area (Å²) in [6.07, 6.45) is 0. The molecule has 0 amide bonds. The van der Waals surface area contributed by atoms with Crippen molar-refractivity contribution in [2.45, 2.75) is 0 Å². The van der Waals surface area contributed by atoms with Crippen LogP contribution in [0.25, 0.3) is 0 Å². The summed E-state index contributed by atoms with van der Waals surface area (Å²) in [6.45, 7) is 1.62. The maximum Gasteiger partial charge on any atom is 0.141 e. The Morgan fingerprint density at radius 3 is 2.36 bits per heavy atom. The van der Waals surface area contributed by atoms with E-state index in [4.69, 9.17) is 0 Å². The van der Waals surface area contributed by atoms with E-state index in [2.05, 4.69) is 17.2 Å². The third-order valence-electron chi connectivity index (χ3n) is 2.15. The van der Waals surface area contributed by atoms with E-state index in [1.165, 1.54) is 18.2 Å². The Hall–Kier alpha value is -1.40. The molecule has 0 bridgehead atoms. The van der Waals surface area contributed by atoms with Gasteiger partial charge in [-0.1, -0.05) is 17.9 Å². The van der Waals surface area contributed by atoms with Crippen LogP contribution in [0.3, 0.4) is 0 Å². The van der Waals surface area contributed by atoms with Crippen molar-refractivity contribution in [3.8, 4) is 11.8 Å². The van der Waals surface area contributed by atoms with Crippen molar-refractivity contribution in [3.63, 3.8) is 0 Å². The fourth-order valence-corrected chi connectivity index (χ4v) is 1.18. The highest BCUT2D eigenvalue weighted by Gasteiger charge is 2.13. The number of hydrogen-bond acceptors (Lipinski definition) is 1. The molecule has 0 atom stereocenters. The molecule has 0 radical (unpaired) electrons. The first-order valence-electron chi connectivity index (χ1n) is 4.43. The molecular weight excluding hydrogens is 184 g/mol. The van der Waals surface area contributed by atoms with E-state index < -0.39 is 11.6 Å². The zero-order valence-corrected chi connectivity index (χ0v) is 7.48. The highest BCUT2D eigenvalue weighted by Crippen LogP contribution is 2.10. The SMILES string of the molecule is Fc1cccc(F)c1C#CC1CNC1. The Balaban J connectivity index is 2.25. The number of benzene rings is 1. The van der Waals surface area contributed by atoms with Gasteiger partial charge in [-0.05, 0) is 12.1 Å². The van der Waals surface area contributed by atoms with Crippen LogP contribution < -0.4 is 5.32 Å². The van der Waals surface area contributed by atoms with Gasteiger partial charge in [0.05, 0.1) is 5.56 Å². The third-order valence-corrected chi connectivity index (χ3v) is 2.15. The fourth-order valence-electron chi connectivity index (χ4n) is 1.18. The molecule has 0 unspecified atom stereocenters. The number of rotatable bonds is 0. The van der Waals surface area contributed by atoms with Gasteiger partial charge in [0, 0.05) is 19.0 Å². The molecule has 14 heavy (non-hydrogen) atoms. The molecule has 0 aliphatic carbocycles. The summed E-state index contributed by atoms with van der Waals surface area (Å²) in [5, 5.41) is 3.04. The van der Waals surface area contributed by atoms with Crippen molar-refractivity contribution in [1.29, 1.82) is 0 Å². The van der Waals surface area contributed by atoms with Gasteiger partial charge in [0.2, 0.25) is 0 Å². The Labute approximate surface area is 81.1 Å². The molecule has 1 fully saturated rings. The summed E-state index contributed by atoms with van der Waals surface area (Å²) >= 11 is 0. The van der Waals surface area contributed by atoms with Crippen molar-refractivity contribution in [2.75, 3.05) is 13.1 Å². The number of hydrogen-bond donors (Lipinski definition) is 1. The molecule has 1 N–H and O–H groups in total. The third kappa shape index (κ3) is 1.75. The lowest BCUT2D eigenvalue weighted by Crippen LogP contribution is -2.40. The van der Waals surface area contributed by atoms with Crippen LogP contribution in [0.5, 0.6) is 0 Å². The monoisotopic (exact) mass is 193 g/mol. The smallest absolute Gasteiger partial charge is 0.141 e. The maximum atomic E-state index is 13.1. The van der Waals surface area contributed by atoms with Gasteiger partial charge in [-0.3, -0.25) is 0 Å². The molecule has 1 aromatic rings. The highest BCUT2D eigenvalue weighted by atomic mass is 19.1. The van der Waals surface area contributed by atoms with Crippen molar-refractivity contribution in [1.82, 2.24) is 5.32 Å². The molecule has 0 saturated carbocycles. The van der Waals surface area contributed by atoms with Crippen LogP contribution in [-0.2, 0) is 0 Å². The summed E-state index contributed by atoms with van der Waals surface area (Å²) < 4.78 is 26.1. The van der Waals surface area contributed by atoms with E-state index >= 15 is 0 Å². The van der Waals surface area contributed by atoms with Gasteiger partial charge in [0.15, 0.2) is 0 Å². The maximum absolute atomic E-state index is 13.1. The lowest BCUT2D eigenvalue weighted by atomic mass is 10.0. The topological polar surface area (TPSA) is 12.0 Å². The van der Waals surface area contributed by atoms with Crippen LogP contribution in [0.2, 0.25) is 0 Å². The van der Waals surface area contributed by atoms with Crippen LogP contribution in [0.4, 0.5) is 8.78 Å². The van der Waals surface area contributed by atoms with Crippen molar-refractivity contribution in [3.05, 3.63) is 35.4 Å². The normalized spacial score (nSPS) is 15.6. The quantitative estimate of drug-likeness (QED) is 0.616. The average Bonchev–Trinajstić information content (AvgIpc) is 2.07. The van der Waals surface area contributed by atoms with E-state index in [1.807, 2.05) is 0 Å². The predicted octanol–water partition coefficient (Wildman–Crippen LogP) is 1.54. The molecule has 3 heteroatoms. The average molecular weight is 193 g/mol. The summed E-state index contributed by atoms with van der Waals surface area (Å²) in [5.41, 5.74) is -0.126. The molecule has 1 aromatic carbocycles. The van der Waals surface area contributed by atoms with E-state index in [0.29, 0.717) is 0 Å². The van der Waals surface area contributed by atoms with E-state index in [-0.39, 0.29) is 11.5 Å². The van der Waals surface area contributed by atoms with Crippen LogP contribution in [-0.4, -0.2) is 13.1 Å². The predicted molar refractivity (Wildman–Crippen MR) is 49.6 cm³/mol. The summed E-state index contributed by atoms with van der Waals surface area (Å²) in [4.78, 5) is 0. The molecular formula is C11H9F2N. The summed E-state index contributed by atoms with van der Waals surface area (Å²) in [5.74, 6) is 4.41. The largest absolute Gasteiger partial charge is 0.314 e. The second-order valence-corrected chi connectivity index (χ2v) is 3.22. The van der Waals surface area contributed by atoms with E-state index in [9.17, 15) is 8.78 Å². The van der Waals surface area contributed by atoms with Crippen molar-refractivity contribution >= 4 is 0 Å². The lowest BCUT2D eigenvalue weighted by molar-refractivity contribution is 0.432. The van der Waals surface area contributed by atoms with Crippen LogP contribution in [0, 0.1) is 29.4 Å². The Bertz CT molecular complexity index is 379. The molecule has 1 heterocycles. The minimum atomic E-state index is -0.593. The first-order valence-corrected chi connectivity index (χ1v) is 4.43. The van der Waals surface area contributed by atoms with Gasteiger partial charge >= 0.3 is 0 Å². The minimum Gasteiger partial charge on any atom is -0.314 e. The molecule has 2 rings (SSSR count). The fraction of sp³-hybridized carbons (Fsp3) is 0.273. The van der Waals surface area contributed by atoms with Gasteiger partial charge in [-0.15, -0.1) is 0 Å². The Kier molecular flexibility index (Phi) is 2.47. The summed E-state index contributed by atoms with van der Waals surface area (Å²) in [7, 11) is 0. The minimum absolute atomic E-state index is 0.126.